The van der Waals surface area contributed by atoms with E-state index in [0.29, 0.717) is 29.2 Å². The second-order valence-corrected chi connectivity index (χ2v) is 10.2. The van der Waals surface area contributed by atoms with E-state index >= 15 is 0 Å². The minimum Gasteiger partial charge on any atom is -0.367 e. The van der Waals surface area contributed by atoms with Crippen molar-refractivity contribution in [3.8, 4) is 0 Å². The molecule has 7 heteroatoms. The smallest absolute Gasteiger partial charge is 0.262 e. The van der Waals surface area contributed by atoms with Crippen LogP contribution in [0.2, 0.25) is 0 Å². The van der Waals surface area contributed by atoms with Gasteiger partial charge < -0.3 is 15.1 Å². The van der Waals surface area contributed by atoms with Crippen molar-refractivity contribution in [3.63, 3.8) is 0 Å². The Balaban J connectivity index is 1.60. The molecule has 3 fully saturated rings. The predicted octanol–water partition coefficient (Wildman–Crippen LogP) is 3.50. The number of aromatic nitrogens is 2. The van der Waals surface area contributed by atoms with Crippen LogP contribution < -0.4 is 15.8 Å². The molecule has 4 aliphatic rings. The first-order valence-corrected chi connectivity index (χ1v) is 12.8. The Labute approximate surface area is 206 Å². The molecule has 1 amide bonds. The molecule has 1 aromatic heterocycles. The van der Waals surface area contributed by atoms with Gasteiger partial charge in [0.25, 0.3) is 5.56 Å². The van der Waals surface area contributed by atoms with E-state index in [1.54, 1.807) is 4.57 Å². The molecule has 2 aromatic rings. The van der Waals surface area contributed by atoms with Crippen LogP contribution in [0.5, 0.6) is 0 Å². The lowest BCUT2D eigenvalue weighted by Crippen LogP contribution is -2.38. The van der Waals surface area contributed by atoms with Crippen LogP contribution in [-0.2, 0) is 11.3 Å². The number of hydrogen-bond donors (Lipinski definition) is 1. The van der Waals surface area contributed by atoms with Gasteiger partial charge in [-0.2, -0.15) is 0 Å². The third kappa shape index (κ3) is 4.96. The predicted molar refractivity (Wildman–Crippen MR) is 142 cm³/mol. The van der Waals surface area contributed by atoms with Gasteiger partial charge in [-0.25, -0.2) is 4.98 Å². The van der Waals surface area contributed by atoms with E-state index in [9.17, 15) is 9.59 Å². The largest absolute Gasteiger partial charge is 0.367 e. The highest BCUT2D eigenvalue weighted by atomic mass is 16.2. The maximum atomic E-state index is 13.9. The molecule has 6 rings (SSSR count). The molecule has 4 heterocycles. The number of nitrogens with zero attached hydrogens (tertiary/aromatic N) is 4. The Hall–Kier alpha value is -3.19. The Kier molecular flexibility index (Phi) is 6.60. The van der Waals surface area contributed by atoms with Crippen LogP contribution in [-0.4, -0.2) is 58.6 Å². The first kappa shape index (κ1) is 23.5. The molecule has 35 heavy (non-hydrogen) atoms. The van der Waals surface area contributed by atoms with Crippen LogP contribution in [0, 0.1) is 0 Å². The lowest BCUT2D eigenvalue weighted by Gasteiger charge is -2.33. The fraction of sp³-hybridized carbons (Fsp3) is 0.464. The summed E-state index contributed by atoms with van der Waals surface area (Å²) in [5.74, 6) is 0.377. The van der Waals surface area contributed by atoms with E-state index < -0.39 is 0 Å². The monoisotopic (exact) mass is 473 g/mol. The number of piperidine rings is 1. The molecular formula is C28H35N5O2. The summed E-state index contributed by atoms with van der Waals surface area (Å²) in [5.41, 5.74) is 3.65. The molecule has 1 N–H and O–H groups in total. The van der Waals surface area contributed by atoms with Gasteiger partial charge in [-0.1, -0.05) is 29.9 Å². The minimum absolute atomic E-state index is 0.00120. The van der Waals surface area contributed by atoms with Crippen LogP contribution >= 0.6 is 0 Å². The Morgan fingerprint density at radius 1 is 1.14 bits per heavy atom. The number of carbonyl (C=O) groups excluding carboxylic acids is 1. The highest BCUT2D eigenvalue weighted by Crippen LogP contribution is 2.29. The first-order chi connectivity index (χ1) is 16.9. The van der Waals surface area contributed by atoms with Gasteiger partial charge >= 0.3 is 0 Å². The standard InChI is InChI=1S/C28H35N5O2/c1-19(2)29-26(34)18-33-27(21-6-4-5-20(3)7-8-21)30-25-10-9-23(17-24(25)28(33)35)32-16-15-31-13-11-22(32)12-14-31/h4-5,7-10,17,19,22H,6,11-16,18H2,1-3H3,(H,29,34). The van der Waals surface area contributed by atoms with Crippen molar-refractivity contribution >= 4 is 28.1 Å². The maximum Gasteiger partial charge on any atom is 0.262 e. The van der Waals surface area contributed by atoms with Crippen LogP contribution in [0.4, 0.5) is 5.69 Å². The molecule has 0 spiro atoms. The molecule has 2 bridgehead atoms. The van der Waals surface area contributed by atoms with Crippen LogP contribution in [0.25, 0.3) is 16.5 Å². The number of rotatable bonds is 5. The second kappa shape index (κ2) is 9.82. The summed E-state index contributed by atoms with van der Waals surface area (Å²) in [5, 5.41) is 3.49. The molecule has 0 unspecified atom stereocenters. The van der Waals surface area contributed by atoms with Gasteiger partial charge in [0.1, 0.15) is 12.4 Å². The molecule has 0 radical (unpaired) electrons. The Bertz CT molecular complexity index is 1280. The number of fused-ring (bicyclic) bond motifs is 5. The van der Waals surface area contributed by atoms with Gasteiger partial charge in [0, 0.05) is 44.0 Å². The number of allylic oxidation sites excluding steroid dienone is 6. The van der Waals surface area contributed by atoms with Gasteiger partial charge in [0.2, 0.25) is 5.91 Å². The number of benzene rings is 1. The Morgan fingerprint density at radius 3 is 2.71 bits per heavy atom. The van der Waals surface area contributed by atoms with Crippen molar-refractivity contribution in [2.75, 3.05) is 31.1 Å². The van der Waals surface area contributed by atoms with Crippen molar-refractivity contribution in [3.05, 3.63) is 64.3 Å². The van der Waals surface area contributed by atoms with E-state index in [4.69, 9.17) is 4.98 Å². The Morgan fingerprint density at radius 2 is 1.94 bits per heavy atom. The highest BCUT2D eigenvalue weighted by Gasteiger charge is 2.29. The zero-order valence-electron chi connectivity index (χ0n) is 21.0. The molecule has 1 aliphatic carbocycles. The maximum absolute atomic E-state index is 13.9. The molecule has 184 valence electrons. The molecule has 3 aliphatic heterocycles. The van der Waals surface area contributed by atoms with Gasteiger partial charge in [-0.3, -0.25) is 14.2 Å². The van der Waals surface area contributed by atoms with Crippen LogP contribution in [0.1, 0.15) is 45.9 Å². The van der Waals surface area contributed by atoms with E-state index in [-0.39, 0.29) is 24.1 Å². The van der Waals surface area contributed by atoms with Crippen molar-refractivity contribution in [1.29, 1.82) is 0 Å². The van der Waals surface area contributed by atoms with Crippen molar-refractivity contribution < 1.29 is 4.79 Å². The highest BCUT2D eigenvalue weighted by molar-refractivity contribution is 5.84. The third-order valence-electron chi connectivity index (χ3n) is 7.23. The number of hydrogen-bond acceptors (Lipinski definition) is 5. The molecule has 0 saturated carbocycles. The van der Waals surface area contributed by atoms with E-state index in [1.807, 2.05) is 45.1 Å². The van der Waals surface area contributed by atoms with Crippen molar-refractivity contribution in [1.82, 2.24) is 19.8 Å². The summed E-state index contributed by atoms with van der Waals surface area (Å²) < 4.78 is 1.55. The molecule has 0 atom stereocenters. The molecule has 7 nitrogen and oxygen atoms in total. The molecular weight excluding hydrogens is 438 g/mol. The van der Waals surface area contributed by atoms with Crippen molar-refractivity contribution in [2.45, 2.75) is 58.7 Å². The van der Waals surface area contributed by atoms with Crippen LogP contribution in [0.3, 0.4) is 0 Å². The summed E-state index contributed by atoms with van der Waals surface area (Å²) in [6.45, 7) is 10.2. The zero-order chi connectivity index (χ0) is 24.5. The van der Waals surface area contributed by atoms with E-state index in [1.165, 1.54) is 0 Å². The fourth-order valence-corrected chi connectivity index (χ4v) is 5.41. The molecule has 3 saturated heterocycles. The summed E-state index contributed by atoms with van der Waals surface area (Å²) >= 11 is 0. The van der Waals surface area contributed by atoms with Gasteiger partial charge in [-0.05, 0) is 63.8 Å². The zero-order valence-corrected chi connectivity index (χ0v) is 21.0. The quantitative estimate of drug-likeness (QED) is 0.720. The lowest BCUT2D eigenvalue weighted by atomic mass is 10.0. The number of nitrogens with one attached hydrogen (secondary N) is 1. The molecule has 1 aromatic carbocycles. The summed E-state index contributed by atoms with van der Waals surface area (Å²) in [4.78, 5) is 36.5. The average molecular weight is 474 g/mol. The third-order valence-corrected chi connectivity index (χ3v) is 7.23. The van der Waals surface area contributed by atoms with Crippen LogP contribution in [0.15, 0.2) is 52.9 Å². The average Bonchev–Trinajstić information content (AvgIpc) is 3.26. The fourth-order valence-electron chi connectivity index (χ4n) is 5.41. The topological polar surface area (TPSA) is 70.5 Å². The minimum atomic E-state index is -0.185. The normalized spacial score (nSPS) is 22.1. The number of anilines is 1. The number of carbonyl (C=O) groups is 1. The van der Waals surface area contributed by atoms with Crippen molar-refractivity contribution in [2.24, 2.45) is 0 Å². The first-order valence-electron chi connectivity index (χ1n) is 12.8. The van der Waals surface area contributed by atoms with Gasteiger partial charge in [0.05, 0.1) is 10.9 Å². The summed E-state index contributed by atoms with van der Waals surface area (Å²) in [6.07, 6.45) is 11.1. The lowest BCUT2D eigenvalue weighted by molar-refractivity contribution is -0.122. The SMILES string of the molecule is CC1=CC=C(c2nc3ccc(N4CCN5CCC4CC5)cc3c(=O)n2CC(=O)NC(C)C)CC=C1. The van der Waals surface area contributed by atoms with E-state index in [0.717, 1.165) is 55.9 Å². The summed E-state index contributed by atoms with van der Waals surface area (Å²) in [6, 6.07) is 6.58. The van der Waals surface area contributed by atoms with E-state index in [2.05, 4.69) is 33.3 Å². The number of amides is 1. The summed E-state index contributed by atoms with van der Waals surface area (Å²) in [7, 11) is 0. The second-order valence-electron chi connectivity index (χ2n) is 10.2. The van der Waals surface area contributed by atoms with Gasteiger partial charge in [0.15, 0.2) is 0 Å². The van der Waals surface area contributed by atoms with Gasteiger partial charge in [-0.15, -0.1) is 0 Å².